The van der Waals surface area contributed by atoms with Gasteiger partial charge in [-0.05, 0) is 17.7 Å². The van der Waals surface area contributed by atoms with Gasteiger partial charge in [0.05, 0.1) is 19.8 Å². The molecule has 12 nitrogen and oxygen atoms in total. The first-order valence-electron chi connectivity index (χ1n) is 8.60. The average Bonchev–Trinajstić information content (AvgIpc) is 3.22. The summed E-state index contributed by atoms with van der Waals surface area (Å²) in [4.78, 5) is 52.1. The van der Waals surface area contributed by atoms with E-state index in [9.17, 15) is 19.2 Å². The van der Waals surface area contributed by atoms with Crippen LogP contribution < -0.4 is 11.5 Å². The van der Waals surface area contributed by atoms with E-state index in [0.29, 0.717) is 12.1 Å². The monoisotopic (exact) mass is 429 g/mol. The maximum absolute atomic E-state index is 11.6. The number of methoxy groups -OCH3 is 2. The number of esters is 2. The topological polar surface area (TPSA) is 189 Å². The summed E-state index contributed by atoms with van der Waals surface area (Å²) in [6.45, 7) is 0.488. The van der Waals surface area contributed by atoms with E-state index in [-0.39, 0.29) is 23.0 Å². The van der Waals surface area contributed by atoms with Gasteiger partial charge in [-0.25, -0.2) is 24.4 Å². The minimum Gasteiger partial charge on any atom is -0.477 e. The summed E-state index contributed by atoms with van der Waals surface area (Å²) in [5, 5.41) is 8.93. The van der Waals surface area contributed by atoms with E-state index < -0.39 is 23.5 Å². The Morgan fingerprint density at radius 2 is 1.68 bits per heavy atom. The normalized spacial score (nSPS) is 10.0. The van der Waals surface area contributed by atoms with Crippen LogP contribution in [-0.4, -0.2) is 57.5 Å². The summed E-state index contributed by atoms with van der Waals surface area (Å²) >= 11 is 0. The number of hydrogen-bond acceptors (Lipinski definition) is 9. The van der Waals surface area contributed by atoms with Crippen LogP contribution in [0.5, 0.6) is 0 Å². The van der Waals surface area contributed by atoms with Crippen molar-refractivity contribution in [3.8, 4) is 0 Å². The van der Waals surface area contributed by atoms with Crippen LogP contribution in [0, 0.1) is 0 Å². The maximum Gasteiger partial charge on any atom is 0.355 e. The molecule has 0 atom stereocenters. The fourth-order valence-electron chi connectivity index (χ4n) is 2.41. The van der Waals surface area contributed by atoms with E-state index >= 15 is 0 Å². The van der Waals surface area contributed by atoms with Gasteiger partial charge in [0.1, 0.15) is 12.0 Å². The molecule has 0 unspecified atom stereocenters. The Labute approximate surface area is 175 Å². The zero-order valence-corrected chi connectivity index (χ0v) is 16.6. The van der Waals surface area contributed by atoms with Gasteiger partial charge in [0.25, 0.3) is 5.91 Å². The van der Waals surface area contributed by atoms with Crippen molar-refractivity contribution < 1.29 is 33.8 Å². The number of fused-ring (bicyclic) bond motifs is 1. The van der Waals surface area contributed by atoms with E-state index in [0.717, 1.165) is 29.5 Å². The lowest BCUT2D eigenvalue weighted by atomic mass is 10.1. The van der Waals surface area contributed by atoms with Gasteiger partial charge in [-0.2, -0.15) is 0 Å². The van der Waals surface area contributed by atoms with Crippen LogP contribution in [0.1, 0.15) is 47.4 Å². The lowest BCUT2D eigenvalue weighted by Gasteiger charge is -2.04. The Morgan fingerprint density at radius 1 is 1.06 bits per heavy atom. The Kier molecular flexibility index (Phi) is 7.36. The molecule has 0 bridgehead atoms. The van der Waals surface area contributed by atoms with Crippen LogP contribution in [0.25, 0.3) is 5.65 Å². The number of carbonyl (C=O) groups excluding carboxylic acids is 3. The van der Waals surface area contributed by atoms with Crippen molar-refractivity contribution in [1.29, 1.82) is 0 Å². The predicted octanol–water partition coefficient (Wildman–Crippen LogP) is 0.245. The van der Waals surface area contributed by atoms with E-state index in [2.05, 4.69) is 19.4 Å². The second-order valence-corrected chi connectivity index (χ2v) is 5.87. The molecule has 162 valence electrons. The van der Waals surface area contributed by atoms with Crippen LogP contribution in [0.3, 0.4) is 0 Å². The average molecular weight is 429 g/mol. The van der Waals surface area contributed by atoms with Crippen molar-refractivity contribution in [2.75, 3.05) is 14.2 Å². The molecule has 0 radical (unpaired) electrons. The number of carbonyl (C=O) groups is 4. The molecule has 1 aromatic carbocycles. The number of carboxylic acid groups (broad SMARTS) is 1. The van der Waals surface area contributed by atoms with Gasteiger partial charge in [-0.15, -0.1) is 0 Å². The molecule has 0 spiro atoms. The number of rotatable bonds is 5. The van der Waals surface area contributed by atoms with Crippen LogP contribution in [0.15, 0.2) is 36.7 Å². The van der Waals surface area contributed by atoms with E-state index in [1.54, 1.807) is 12.1 Å². The lowest BCUT2D eigenvalue weighted by molar-refractivity contribution is 0.0586. The van der Waals surface area contributed by atoms with E-state index in [1.807, 2.05) is 12.1 Å². The molecule has 12 heteroatoms. The number of amides is 1. The fraction of sp³-hybridized carbons (Fsp3) is 0.158. The zero-order valence-electron chi connectivity index (χ0n) is 16.6. The molecular weight excluding hydrogens is 410 g/mol. The summed E-state index contributed by atoms with van der Waals surface area (Å²) in [6.07, 6.45) is 1.14. The number of nitrogens with zero attached hydrogens (tertiary/aromatic N) is 3. The molecule has 1 amide bonds. The third-order valence-corrected chi connectivity index (χ3v) is 3.96. The van der Waals surface area contributed by atoms with Crippen molar-refractivity contribution >= 4 is 29.5 Å². The van der Waals surface area contributed by atoms with Gasteiger partial charge >= 0.3 is 17.9 Å². The fourth-order valence-corrected chi connectivity index (χ4v) is 2.41. The third kappa shape index (κ3) is 5.19. The first-order valence-corrected chi connectivity index (χ1v) is 8.60. The highest BCUT2D eigenvalue weighted by atomic mass is 16.5. The molecule has 0 saturated carbocycles. The third-order valence-electron chi connectivity index (χ3n) is 3.96. The molecule has 31 heavy (non-hydrogen) atoms. The molecule has 0 fully saturated rings. The van der Waals surface area contributed by atoms with Gasteiger partial charge in [0.2, 0.25) is 0 Å². The van der Waals surface area contributed by atoms with Crippen molar-refractivity contribution in [3.05, 3.63) is 64.9 Å². The van der Waals surface area contributed by atoms with Gasteiger partial charge in [0, 0.05) is 12.6 Å². The van der Waals surface area contributed by atoms with Crippen LogP contribution >= 0.6 is 0 Å². The number of aromatic nitrogens is 3. The summed E-state index contributed by atoms with van der Waals surface area (Å²) < 4.78 is 10.2. The minimum atomic E-state index is -1.36. The molecule has 3 rings (SSSR count). The number of ether oxygens (including phenoxy) is 2. The summed E-state index contributed by atoms with van der Waals surface area (Å²) in [5.41, 5.74) is 11.1. The summed E-state index contributed by atoms with van der Waals surface area (Å²) in [5.74, 6) is -3.35. The standard InChI is InChI=1S/C10H8N4O5.C9H11NO2/c1-19-10(18)5-2-4(9(16)17)13-8-6(7(11)15)12-3-14(5)8;1-12-9(11)8-4-2-7(6-10)3-5-8/h2-3H,1H3,(H2,11,15)(H,16,17);2-5H,6,10H2,1H3. The molecule has 0 saturated heterocycles. The van der Waals surface area contributed by atoms with E-state index in [1.165, 1.54) is 7.11 Å². The highest BCUT2D eigenvalue weighted by Crippen LogP contribution is 2.13. The number of primary amides is 1. The molecule has 0 aliphatic rings. The van der Waals surface area contributed by atoms with Crippen LogP contribution in [0.2, 0.25) is 0 Å². The first-order chi connectivity index (χ1) is 14.7. The Balaban J connectivity index is 0.000000245. The van der Waals surface area contributed by atoms with Crippen molar-refractivity contribution in [3.63, 3.8) is 0 Å². The molecule has 5 N–H and O–H groups in total. The maximum atomic E-state index is 11.6. The van der Waals surface area contributed by atoms with Gasteiger partial charge in [-0.3, -0.25) is 9.20 Å². The van der Waals surface area contributed by atoms with Crippen LogP contribution in [0.4, 0.5) is 0 Å². The van der Waals surface area contributed by atoms with Gasteiger partial charge < -0.3 is 26.0 Å². The van der Waals surface area contributed by atoms with Gasteiger partial charge in [0.15, 0.2) is 17.0 Å². The quantitative estimate of drug-likeness (QED) is 0.474. The number of nitrogens with two attached hydrogens (primary N) is 2. The highest BCUT2D eigenvalue weighted by Gasteiger charge is 2.21. The Morgan fingerprint density at radius 3 is 2.16 bits per heavy atom. The molecule has 0 aliphatic carbocycles. The molecule has 3 aromatic rings. The smallest absolute Gasteiger partial charge is 0.355 e. The number of carboxylic acids is 1. The molecule has 2 aromatic heterocycles. The molecular formula is C19H19N5O7. The number of hydrogen-bond donors (Lipinski definition) is 3. The lowest BCUT2D eigenvalue weighted by Crippen LogP contribution is -2.15. The number of benzene rings is 1. The zero-order chi connectivity index (χ0) is 23.1. The minimum absolute atomic E-state index is 0.118. The largest absolute Gasteiger partial charge is 0.477 e. The van der Waals surface area contributed by atoms with E-state index in [4.69, 9.17) is 16.6 Å². The summed E-state index contributed by atoms with van der Waals surface area (Å²) in [6, 6.07) is 8.05. The Bertz CT molecular complexity index is 1140. The van der Waals surface area contributed by atoms with Crippen molar-refractivity contribution in [2.24, 2.45) is 11.5 Å². The molecule has 0 aliphatic heterocycles. The predicted molar refractivity (Wildman–Crippen MR) is 105 cm³/mol. The second kappa shape index (κ2) is 9.93. The van der Waals surface area contributed by atoms with Crippen molar-refractivity contribution in [2.45, 2.75) is 6.54 Å². The summed E-state index contributed by atoms with van der Waals surface area (Å²) in [7, 11) is 2.50. The van der Waals surface area contributed by atoms with Crippen molar-refractivity contribution in [1.82, 2.24) is 14.4 Å². The highest BCUT2D eigenvalue weighted by molar-refractivity contribution is 5.99. The number of imidazole rings is 1. The van der Waals surface area contributed by atoms with Gasteiger partial charge in [-0.1, -0.05) is 12.1 Å². The second-order valence-electron chi connectivity index (χ2n) is 5.87. The Hall–Kier alpha value is -4.32. The SMILES string of the molecule is COC(=O)c1cc(C(=O)O)nc2c(C(N)=O)ncn12.COC(=O)c1ccc(CN)cc1. The number of aromatic carboxylic acids is 1. The van der Waals surface area contributed by atoms with Crippen LogP contribution in [-0.2, 0) is 16.0 Å². The first kappa shape index (κ1) is 23.0. The molecule has 2 heterocycles.